The van der Waals surface area contributed by atoms with Crippen molar-refractivity contribution < 1.29 is 24.5 Å². The quantitative estimate of drug-likeness (QED) is 0.337. The van der Waals surface area contributed by atoms with Gasteiger partial charge in [0.25, 0.3) is 0 Å². The predicted molar refractivity (Wildman–Crippen MR) is 148 cm³/mol. The number of rotatable bonds is 7. The summed E-state index contributed by atoms with van der Waals surface area (Å²) < 4.78 is 5.79. The molecule has 2 fully saturated rings. The van der Waals surface area contributed by atoms with Gasteiger partial charge in [-0.25, -0.2) is 0 Å². The third-order valence-electron chi connectivity index (χ3n) is 11.9. The first kappa shape index (κ1) is 29.1. The second kappa shape index (κ2) is 9.64. The van der Waals surface area contributed by atoms with Crippen LogP contribution in [0.15, 0.2) is 35.5 Å². The molecule has 5 heteroatoms. The number of hydrogen-bond donors (Lipinski definition) is 1. The highest BCUT2D eigenvalue weighted by atomic mass is 16.5. The second-order valence-corrected chi connectivity index (χ2v) is 14.4. The molecular formula is C33H49O5-. The van der Waals surface area contributed by atoms with Crippen molar-refractivity contribution in [1.82, 2.24) is 0 Å². The lowest BCUT2D eigenvalue weighted by Crippen LogP contribution is -2.55. The average molecular weight is 526 g/mol. The largest absolute Gasteiger partial charge is 0.550 e. The Morgan fingerprint density at radius 1 is 1.16 bits per heavy atom. The number of allylic oxidation sites excluding steroid dienone is 5. The highest BCUT2D eigenvalue weighted by Gasteiger charge is 2.66. The highest BCUT2D eigenvalue weighted by molar-refractivity contribution is 5.69. The molecule has 0 radical (unpaired) electrons. The van der Waals surface area contributed by atoms with E-state index < -0.39 is 18.0 Å². The zero-order valence-corrected chi connectivity index (χ0v) is 24.9. The predicted octanol–water partition coefficient (Wildman–Crippen LogP) is 5.77. The molecule has 5 nitrogen and oxygen atoms in total. The number of carboxylic acids is 1. The van der Waals surface area contributed by atoms with Crippen LogP contribution in [0.2, 0.25) is 0 Å². The van der Waals surface area contributed by atoms with Gasteiger partial charge in [0.1, 0.15) is 6.10 Å². The summed E-state index contributed by atoms with van der Waals surface area (Å²) in [5.41, 5.74) is 2.78. The Bertz CT molecular complexity index is 1070. The van der Waals surface area contributed by atoms with Crippen molar-refractivity contribution >= 4 is 11.9 Å². The van der Waals surface area contributed by atoms with Gasteiger partial charge in [0.05, 0.1) is 6.10 Å². The molecule has 0 spiro atoms. The minimum atomic E-state index is -1.05. The SMILES string of the molecule is C=C(CC[C@@H](C(=O)[O-])[C@H]1[C@H](O)C[C@@]2(C)C3=CC[C@H]4C(C)(C)[C@@H](OC(C)=O)CC[C@]4(C)C3=CC[C@]12C)C(C)C. The van der Waals surface area contributed by atoms with Crippen LogP contribution in [0.1, 0.15) is 100 Å². The molecule has 0 saturated heterocycles. The fourth-order valence-electron chi connectivity index (χ4n) is 9.29. The third kappa shape index (κ3) is 4.22. The molecule has 0 bridgehead atoms. The number of aliphatic hydroxyl groups excluding tert-OH is 1. The zero-order chi connectivity index (χ0) is 28.4. The standard InChI is InChI=1S/C33H50O5/c1-19(2)20(3)10-11-22(29(36)37)28-25(35)18-33(9)24-12-13-26-30(5,6)27(38-21(4)34)15-16-31(26,7)23(24)14-17-32(28,33)8/h12,14,19,22,25-28,35H,3,10-11,13,15-18H2,1-2,4-9H3,(H,36,37)/p-1/t22-,25-,26+,27+,28+,31-,32-,33+/m1/s1. The Morgan fingerprint density at radius 2 is 1.82 bits per heavy atom. The molecule has 0 unspecified atom stereocenters. The van der Waals surface area contributed by atoms with Gasteiger partial charge in [0, 0.05) is 29.6 Å². The van der Waals surface area contributed by atoms with Gasteiger partial charge in [-0.05, 0) is 84.7 Å². The van der Waals surface area contributed by atoms with Gasteiger partial charge in [-0.3, -0.25) is 4.79 Å². The highest BCUT2D eigenvalue weighted by Crippen LogP contribution is 2.71. The number of ether oxygens (including phenoxy) is 1. The molecule has 0 amide bonds. The lowest BCUT2D eigenvalue weighted by Gasteiger charge is -2.61. The van der Waals surface area contributed by atoms with Crippen molar-refractivity contribution in [3.05, 3.63) is 35.5 Å². The molecule has 0 heterocycles. The molecule has 1 N–H and O–H groups in total. The number of hydrogen-bond acceptors (Lipinski definition) is 5. The fourth-order valence-corrected chi connectivity index (χ4v) is 9.29. The van der Waals surface area contributed by atoms with E-state index in [0.29, 0.717) is 31.1 Å². The summed E-state index contributed by atoms with van der Waals surface area (Å²) in [6.07, 6.45) is 8.99. The number of carboxylic acid groups (broad SMARTS) is 1. The van der Waals surface area contributed by atoms with E-state index in [2.05, 4.69) is 67.2 Å². The molecule has 212 valence electrons. The van der Waals surface area contributed by atoms with E-state index in [4.69, 9.17) is 4.74 Å². The topological polar surface area (TPSA) is 86.7 Å². The van der Waals surface area contributed by atoms with E-state index in [9.17, 15) is 19.8 Å². The van der Waals surface area contributed by atoms with Gasteiger partial charge in [0.15, 0.2) is 0 Å². The minimum Gasteiger partial charge on any atom is -0.550 e. The van der Waals surface area contributed by atoms with Gasteiger partial charge in [0.2, 0.25) is 0 Å². The van der Waals surface area contributed by atoms with Crippen molar-refractivity contribution in [2.75, 3.05) is 0 Å². The van der Waals surface area contributed by atoms with E-state index in [1.54, 1.807) is 0 Å². The Balaban J connectivity index is 1.70. The van der Waals surface area contributed by atoms with Crippen molar-refractivity contribution in [3.8, 4) is 0 Å². The Labute approximate surface area is 229 Å². The summed E-state index contributed by atoms with van der Waals surface area (Å²) in [6.45, 7) is 21.1. The van der Waals surface area contributed by atoms with Crippen LogP contribution in [-0.2, 0) is 14.3 Å². The molecule has 0 aromatic heterocycles. The number of fused-ring (bicyclic) bond motifs is 5. The maximum Gasteiger partial charge on any atom is 0.302 e. The number of carbonyl (C=O) groups is 2. The molecule has 4 aliphatic rings. The first-order chi connectivity index (χ1) is 17.5. The molecule has 0 aliphatic heterocycles. The van der Waals surface area contributed by atoms with Gasteiger partial charge in [-0.2, -0.15) is 0 Å². The number of aliphatic carboxylic acids is 1. The summed E-state index contributed by atoms with van der Waals surface area (Å²) in [6, 6.07) is 0. The van der Waals surface area contributed by atoms with Gasteiger partial charge < -0.3 is 19.7 Å². The zero-order valence-electron chi connectivity index (χ0n) is 24.9. The van der Waals surface area contributed by atoms with Crippen LogP contribution in [0.4, 0.5) is 0 Å². The molecule has 4 rings (SSSR count). The van der Waals surface area contributed by atoms with Crippen LogP contribution in [0.5, 0.6) is 0 Å². The molecular weight excluding hydrogens is 476 g/mol. The summed E-state index contributed by atoms with van der Waals surface area (Å²) in [5, 5.41) is 24.0. The first-order valence-corrected chi connectivity index (χ1v) is 14.7. The first-order valence-electron chi connectivity index (χ1n) is 14.7. The van der Waals surface area contributed by atoms with Gasteiger partial charge >= 0.3 is 5.97 Å². The van der Waals surface area contributed by atoms with Crippen LogP contribution in [-0.4, -0.2) is 29.3 Å². The average Bonchev–Trinajstić information content (AvgIpc) is 3.01. The number of aliphatic hydroxyl groups is 1. The molecule has 0 aromatic rings. The van der Waals surface area contributed by atoms with E-state index in [1.165, 1.54) is 18.1 Å². The molecule has 4 aliphatic carbocycles. The second-order valence-electron chi connectivity index (χ2n) is 14.4. The van der Waals surface area contributed by atoms with Crippen LogP contribution in [0, 0.1) is 45.3 Å². The van der Waals surface area contributed by atoms with Gasteiger partial charge in [-0.1, -0.05) is 72.8 Å². The van der Waals surface area contributed by atoms with Crippen LogP contribution >= 0.6 is 0 Å². The summed E-state index contributed by atoms with van der Waals surface area (Å²) in [4.78, 5) is 24.3. The molecule has 38 heavy (non-hydrogen) atoms. The fraction of sp³-hybridized carbons (Fsp3) is 0.758. The van der Waals surface area contributed by atoms with E-state index in [1.807, 2.05) is 0 Å². The molecule has 2 saturated carbocycles. The third-order valence-corrected chi connectivity index (χ3v) is 11.9. The lowest BCUT2D eigenvalue weighted by molar-refractivity contribution is -0.315. The number of esters is 1. The van der Waals surface area contributed by atoms with Gasteiger partial charge in [-0.15, -0.1) is 0 Å². The van der Waals surface area contributed by atoms with E-state index in [-0.39, 0.29) is 39.7 Å². The molecule has 0 aromatic carbocycles. The smallest absolute Gasteiger partial charge is 0.302 e. The monoisotopic (exact) mass is 525 g/mol. The van der Waals surface area contributed by atoms with Crippen molar-refractivity contribution in [1.29, 1.82) is 0 Å². The van der Waals surface area contributed by atoms with Crippen molar-refractivity contribution in [2.24, 2.45) is 45.3 Å². The maximum absolute atomic E-state index is 12.5. The maximum atomic E-state index is 12.5. The van der Waals surface area contributed by atoms with E-state index in [0.717, 1.165) is 31.3 Å². The minimum absolute atomic E-state index is 0.0552. The van der Waals surface area contributed by atoms with Crippen LogP contribution in [0.3, 0.4) is 0 Å². The lowest BCUT2D eigenvalue weighted by atomic mass is 9.44. The van der Waals surface area contributed by atoms with Crippen LogP contribution in [0.25, 0.3) is 0 Å². The van der Waals surface area contributed by atoms with Crippen molar-refractivity contribution in [2.45, 2.75) is 113 Å². The van der Waals surface area contributed by atoms with E-state index >= 15 is 0 Å². The summed E-state index contributed by atoms with van der Waals surface area (Å²) in [5.74, 6) is -1.74. The summed E-state index contributed by atoms with van der Waals surface area (Å²) in [7, 11) is 0. The summed E-state index contributed by atoms with van der Waals surface area (Å²) >= 11 is 0. The Kier molecular flexibility index (Phi) is 7.39. The van der Waals surface area contributed by atoms with Crippen molar-refractivity contribution in [3.63, 3.8) is 0 Å². The number of carbonyl (C=O) groups excluding carboxylic acids is 2. The Hall–Kier alpha value is -1.88. The Morgan fingerprint density at radius 3 is 2.39 bits per heavy atom. The van der Waals surface area contributed by atoms with Crippen LogP contribution < -0.4 is 5.11 Å². The molecule has 8 atom stereocenters. The normalized spacial score (nSPS) is 40.3.